The minimum atomic E-state index is -1.08. The minimum absolute atomic E-state index is 0.187. The highest BCUT2D eigenvalue weighted by atomic mass is 32.2. The van der Waals surface area contributed by atoms with Crippen molar-refractivity contribution < 1.29 is 13.6 Å². The lowest BCUT2D eigenvalue weighted by Crippen LogP contribution is -2.06. The van der Waals surface area contributed by atoms with E-state index in [4.69, 9.17) is 0 Å². The van der Waals surface area contributed by atoms with Crippen LogP contribution in [0.5, 0.6) is 0 Å². The first kappa shape index (κ1) is 13.7. The van der Waals surface area contributed by atoms with E-state index in [1.54, 1.807) is 36.0 Å². The van der Waals surface area contributed by atoms with E-state index < -0.39 is 17.4 Å². The summed E-state index contributed by atoms with van der Waals surface area (Å²) in [5.41, 5.74) is 0.298. The monoisotopic (exact) mass is 278 g/mol. The Morgan fingerprint density at radius 1 is 1.00 bits per heavy atom. The first-order valence-electron chi connectivity index (χ1n) is 5.68. The van der Waals surface area contributed by atoms with Crippen LogP contribution in [0.1, 0.15) is 21.5 Å². The second-order valence-corrected chi connectivity index (χ2v) is 5.00. The van der Waals surface area contributed by atoms with Crippen molar-refractivity contribution in [3.05, 3.63) is 64.7 Å². The zero-order valence-electron chi connectivity index (χ0n) is 10.5. The maximum absolute atomic E-state index is 13.7. The molecule has 0 saturated carbocycles. The Bertz CT molecular complexity index is 621. The van der Waals surface area contributed by atoms with Crippen LogP contribution in [0.3, 0.4) is 0 Å². The van der Waals surface area contributed by atoms with Crippen molar-refractivity contribution in [1.29, 1.82) is 0 Å². The molecule has 0 bridgehead atoms. The van der Waals surface area contributed by atoms with Gasteiger partial charge in [-0.25, -0.2) is 8.78 Å². The summed E-state index contributed by atoms with van der Waals surface area (Å²) < 4.78 is 27.2. The number of hydrogen-bond donors (Lipinski definition) is 0. The van der Waals surface area contributed by atoms with Gasteiger partial charge in [0.1, 0.15) is 0 Å². The van der Waals surface area contributed by atoms with Crippen LogP contribution in [0.25, 0.3) is 0 Å². The summed E-state index contributed by atoms with van der Waals surface area (Å²) in [7, 11) is 0. The molecular weight excluding hydrogens is 266 g/mol. The Morgan fingerprint density at radius 3 is 2.21 bits per heavy atom. The van der Waals surface area contributed by atoms with Crippen LogP contribution in [0.15, 0.2) is 41.3 Å². The number of benzene rings is 2. The molecule has 0 atom stereocenters. The molecule has 0 aliphatic heterocycles. The smallest absolute Gasteiger partial charge is 0.196 e. The van der Waals surface area contributed by atoms with Crippen LogP contribution in [0.2, 0.25) is 0 Å². The van der Waals surface area contributed by atoms with E-state index in [-0.39, 0.29) is 11.1 Å². The van der Waals surface area contributed by atoms with Gasteiger partial charge in [-0.15, -0.1) is 11.8 Å². The first-order chi connectivity index (χ1) is 9.04. The molecule has 0 spiro atoms. The molecule has 0 heterocycles. The Balaban J connectivity index is 2.41. The molecule has 0 aliphatic carbocycles. The maximum Gasteiger partial charge on any atom is 0.196 e. The van der Waals surface area contributed by atoms with E-state index in [2.05, 4.69) is 0 Å². The average Bonchev–Trinajstić information content (AvgIpc) is 2.44. The van der Waals surface area contributed by atoms with Crippen molar-refractivity contribution in [2.24, 2.45) is 0 Å². The largest absolute Gasteiger partial charge is 0.288 e. The average molecular weight is 278 g/mol. The number of ketones is 1. The van der Waals surface area contributed by atoms with E-state index in [1.165, 1.54) is 19.1 Å². The van der Waals surface area contributed by atoms with Gasteiger partial charge < -0.3 is 0 Å². The van der Waals surface area contributed by atoms with Gasteiger partial charge in [-0.1, -0.05) is 6.07 Å². The summed E-state index contributed by atoms with van der Waals surface area (Å²) in [4.78, 5) is 13.1. The second kappa shape index (κ2) is 5.53. The highest BCUT2D eigenvalue weighted by Crippen LogP contribution is 2.21. The lowest BCUT2D eigenvalue weighted by atomic mass is 10.0. The van der Waals surface area contributed by atoms with Crippen molar-refractivity contribution in [3.63, 3.8) is 0 Å². The molecule has 1 nitrogen and oxygen atoms in total. The molecule has 98 valence electrons. The third kappa shape index (κ3) is 2.68. The van der Waals surface area contributed by atoms with E-state index >= 15 is 0 Å². The van der Waals surface area contributed by atoms with Crippen LogP contribution < -0.4 is 0 Å². The topological polar surface area (TPSA) is 17.1 Å². The van der Waals surface area contributed by atoms with Crippen molar-refractivity contribution in [1.82, 2.24) is 0 Å². The Hall–Kier alpha value is -1.68. The predicted molar refractivity (Wildman–Crippen MR) is 72.8 cm³/mol. The van der Waals surface area contributed by atoms with Crippen LogP contribution in [-0.4, -0.2) is 12.0 Å². The number of hydrogen-bond acceptors (Lipinski definition) is 2. The molecule has 2 aromatic carbocycles. The van der Waals surface area contributed by atoms with E-state index in [0.29, 0.717) is 5.56 Å². The highest BCUT2D eigenvalue weighted by molar-refractivity contribution is 7.98. The summed E-state index contributed by atoms with van der Waals surface area (Å²) in [5, 5.41) is 0. The number of carbonyl (C=O) groups is 1. The first-order valence-corrected chi connectivity index (χ1v) is 6.90. The fourth-order valence-electron chi connectivity index (χ4n) is 1.72. The maximum atomic E-state index is 13.7. The molecule has 0 fully saturated rings. The number of halogens is 2. The predicted octanol–water partition coefficient (Wildman–Crippen LogP) is 4.23. The van der Waals surface area contributed by atoms with Gasteiger partial charge in [-0.05, 0) is 49.1 Å². The SMILES string of the molecule is CSc1ccc(C(=O)c2ccc(C)c(F)c2F)cc1. The number of carbonyl (C=O) groups excluding carboxylic acids is 1. The molecule has 2 aromatic rings. The van der Waals surface area contributed by atoms with Crippen molar-refractivity contribution in [2.75, 3.05) is 6.26 Å². The quantitative estimate of drug-likeness (QED) is 0.617. The van der Waals surface area contributed by atoms with Crippen molar-refractivity contribution >= 4 is 17.5 Å². The third-order valence-corrected chi connectivity index (χ3v) is 3.62. The lowest BCUT2D eigenvalue weighted by molar-refractivity contribution is 0.103. The van der Waals surface area contributed by atoms with Gasteiger partial charge in [0.2, 0.25) is 0 Å². The molecular formula is C15H12F2OS. The van der Waals surface area contributed by atoms with Crippen LogP contribution >= 0.6 is 11.8 Å². The zero-order chi connectivity index (χ0) is 14.0. The van der Waals surface area contributed by atoms with Crippen LogP contribution in [-0.2, 0) is 0 Å². The normalized spacial score (nSPS) is 10.5. The minimum Gasteiger partial charge on any atom is -0.288 e. The summed E-state index contributed by atoms with van der Waals surface area (Å²) >= 11 is 1.55. The molecule has 4 heteroatoms. The van der Waals surface area contributed by atoms with Crippen LogP contribution in [0.4, 0.5) is 8.78 Å². The molecule has 2 rings (SSSR count). The van der Waals surface area contributed by atoms with Crippen molar-refractivity contribution in [3.8, 4) is 0 Å². The highest BCUT2D eigenvalue weighted by Gasteiger charge is 2.18. The van der Waals surface area contributed by atoms with Gasteiger partial charge in [-0.3, -0.25) is 4.79 Å². The van der Waals surface area contributed by atoms with E-state index in [0.717, 1.165) is 4.90 Å². The van der Waals surface area contributed by atoms with Gasteiger partial charge in [0.15, 0.2) is 17.4 Å². The van der Waals surface area contributed by atoms with Gasteiger partial charge in [-0.2, -0.15) is 0 Å². The molecule has 0 aromatic heterocycles. The number of aryl methyl sites for hydroxylation is 1. The molecule has 0 radical (unpaired) electrons. The van der Waals surface area contributed by atoms with E-state index in [9.17, 15) is 13.6 Å². The molecule has 0 aliphatic rings. The molecule has 0 amide bonds. The van der Waals surface area contributed by atoms with Gasteiger partial charge in [0.05, 0.1) is 5.56 Å². The van der Waals surface area contributed by atoms with E-state index in [1.807, 2.05) is 6.26 Å². The Labute approximate surface area is 114 Å². The van der Waals surface area contributed by atoms with Gasteiger partial charge >= 0.3 is 0 Å². The molecule has 0 saturated heterocycles. The molecule has 0 unspecified atom stereocenters. The Morgan fingerprint density at radius 2 is 1.63 bits per heavy atom. The molecule has 0 N–H and O–H groups in total. The van der Waals surface area contributed by atoms with Gasteiger partial charge in [0, 0.05) is 10.5 Å². The zero-order valence-corrected chi connectivity index (χ0v) is 11.4. The fraction of sp³-hybridized carbons (Fsp3) is 0.133. The summed E-state index contributed by atoms with van der Waals surface area (Å²) in [6, 6.07) is 9.51. The number of rotatable bonds is 3. The van der Waals surface area contributed by atoms with Crippen molar-refractivity contribution in [2.45, 2.75) is 11.8 Å². The molecule has 19 heavy (non-hydrogen) atoms. The summed E-state index contributed by atoms with van der Waals surface area (Å²) in [6.07, 6.45) is 1.92. The lowest BCUT2D eigenvalue weighted by Gasteiger charge is -2.06. The third-order valence-electron chi connectivity index (χ3n) is 2.87. The van der Waals surface area contributed by atoms with Gasteiger partial charge in [0.25, 0.3) is 0 Å². The van der Waals surface area contributed by atoms with Crippen LogP contribution in [0, 0.1) is 18.6 Å². The standard InChI is InChI=1S/C15H12F2OS/c1-9-3-8-12(14(17)13(9)16)15(18)10-4-6-11(19-2)7-5-10/h3-8H,1-2H3. The summed E-state index contributed by atoms with van der Waals surface area (Å²) in [5.74, 6) is -2.56. The number of thioether (sulfide) groups is 1. The second-order valence-electron chi connectivity index (χ2n) is 4.12. The summed E-state index contributed by atoms with van der Waals surface area (Å²) in [6.45, 7) is 1.46. The Kier molecular flexibility index (Phi) is 4.00. The fourth-order valence-corrected chi connectivity index (χ4v) is 2.13.